The largest absolute Gasteiger partial charge is 0.452 e. The monoisotopic (exact) mass is 296 g/mol. The number of carbonyl (C=O) groups is 1. The number of methoxy groups -OCH3 is 1. The van der Waals surface area contributed by atoms with Gasteiger partial charge in [-0.1, -0.05) is 6.92 Å². The SMILES string of the molecule is CCc1c(C)n(C(=O)OC)c(=O)n(C2CCCCO2)c1=O. The van der Waals surface area contributed by atoms with Crippen LogP contribution in [0.4, 0.5) is 4.79 Å². The summed E-state index contributed by atoms with van der Waals surface area (Å²) >= 11 is 0. The summed E-state index contributed by atoms with van der Waals surface area (Å²) in [5.74, 6) is 0. The minimum Gasteiger partial charge on any atom is -0.452 e. The van der Waals surface area contributed by atoms with Crippen LogP contribution in [0.5, 0.6) is 0 Å². The number of hydrogen-bond donors (Lipinski definition) is 0. The lowest BCUT2D eigenvalue weighted by Crippen LogP contribution is -2.48. The minimum absolute atomic E-state index is 0.325. The van der Waals surface area contributed by atoms with Crippen molar-refractivity contribution in [3.8, 4) is 0 Å². The van der Waals surface area contributed by atoms with Crippen LogP contribution < -0.4 is 11.2 Å². The van der Waals surface area contributed by atoms with Gasteiger partial charge in [0.1, 0.15) is 6.23 Å². The molecule has 116 valence electrons. The predicted octanol–water partition coefficient (Wildman–Crippen LogP) is 1.19. The number of rotatable bonds is 2. The lowest BCUT2D eigenvalue weighted by Gasteiger charge is -2.25. The van der Waals surface area contributed by atoms with E-state index in [-0.39, 0.29) is 5.56 Å². The first-order valence-corrected chi connectivity index (χ1v) is 7.09. The van der Waals surface area contributed by atoms with Gasteiger partial charge >= 0.3 is 11.8 Å². The molecule has 0 saturated carbocycles. The first-order chi connectivity index (χ1) is 10.0. The molecule has 1 unspecified atom stereocenters. The number of ether oxygens (including phenoxy) is 2. The Kier molecular flexibility index (Phi) is 4.62. The molecule has 1 aliphatic heterocycles. The molecule has 1 aromatic rings. The van der Waals surface area contributed by atoms with Crippen LogP contribution in [-0.4, -0.2) is 28.9 Å². The maximum atomic E-state index is 12.5. The fraction of sp³-hybridized carbons (Fsp3) is 0.643. The van der Waals surface area contributed by atoms with E-state index in [0.29, 0.717) is 30.7 Å². The highest BCUT2D eigenvalue weighted by Gasteiger charge is 2.26. The predicted molar refractivity (Wildman–Crippen MR) is 75.7 cm³/mol. The highest BCUT2D eigenvalue weighted by molar-refractivity contribution is 5.71. The molecular weight excluding hydrogens is 276 g/mol. The molecule has 1 fully saturated rings. The maximum Gasteiger partial charge on any atom is 0.422 e. The zero-order chi connectivity index (χ0) is 15.6. The molecule has 2 rings (SSSR count). The normalized spacial score (nSPS) is 18.5. The van der Waals surface area contributed by atoms with Crippen LogP contribution in [0.1, 0.15) is 43.7 Å². The Hall–Kier alpha value is -1.89. The average molecular weight is 296 g/mol. The van der Waals surface area contributed by atoms with Crippen molar-refractivity contribution in [1.82, 2.24) is 9.13 Å². The standard InChI is InChI=1S/C14H20N2O5/c1-4-10-9(2)15(14(19)20-3)13(18)16(12(10)17)11-7-5-6-8-21-11/h11H,4-8H2,1-3H3. The Morgan fingerprint density at radius 2 is 2.10 bits per heavy atom. The molecule has 0 aromatic carbocycles. The van der Waals surface area contributed by atoms with Crippen LogP contribution >= 0.6 is 0 Å². The summed E-state index contributed by atoms with van der Waals surface area (Å²) in [7, 11) is 1.20. The molecule has 1 atom stereocenters. The second-order valence-corrected chi connectivity index (χ2v) is 5.00. The molecule has 7 heteroatoms. The molecule has 0 aliphatic carbocycles. The highest BCUT2D eigenvalue weighted by atomic mass is 16.5. The Balaban J connectivity index is 2.72. The third-order valence-corrected chi connectivity index (χ3v) is 3.80. The number of aromatic nitrogens is 2. The zero-order valence-corrected chi connectivity index (χ0v) is 12.5. The molecular formula is C14H20N2O5. The van der Waals surface area contributed by atoms with E-state index in [9.17, 15) is 14.4 Å². The van der Waals surface area contributed by atoms with Gasteiger partial charge in [0.05, 0.1) is 7.11 Å². The number of hydrogen-bond acceptors (Lipinski definition) is 5. The van der Waals surface area contributed by atoms with Crippen molar-refractivity contribution in [1.29, 1.82) is 0 Å². The first kappa shape index (κ1) is 15.5. The Labute approximate surface area is 122 Å². The van der Waals surface area contributed by atoms with Crippen LogP contribution in [0.25, 0.3) is 0 Å². The van der Waals surface area contributed by atoms with E-state index in [1.165, 1.54) is 7.11 Å². The van der Waals surface area contributed by atoms with E-state index in [2.05, 4.69) is 4.74 Å². The molecule has 1 aliphatic rings. The van der Waals surface area contributed by atoms with Crippen LogP contribution in [-0.2, 0) is 15.9 Å². The van der Waals surface area contributed by atoms with Gasteiger partial charge in [0.15, 0.2) is 0 Å². The van der Waals surface area contributed by atoms with Crippen LogP contribution in [0.2, 0.25) is 0 Å². The summed E-state index contributed by atoms with van der Waals surface area (Å²) in [5, 5.41) is 0. The molecule has 0 amide bonds. The molecule has 7 nitrogen and oxygen atoms in total. The Morgan fingerprint density at radius 3 is 2.62 bits per heavy atom. The van der Waals surface area contributed by atoms with Crippen LogP contribution in [0.3, 0.4) is 0 Å². The lowest BCUT2D eigenvalue weighted by atomic mass is 10.1. The van der Waals surface area contributed by atoms with Gasteiger partial charge in [-0.05, 0) is 32.6 Å². The summed E-state index contributed by atoms with van der Waals surface area (Å²) < 4.78 is 12.1. The van der Waals surface area contributed by atoms with Gasteiger partial charge < -0.3 is 9.47 Å². The minimum atomic E-state index is -0.795. The third-order valence-electron chi connectivity index (χ3n) is 3.80. The zero-order valence-electron chi connectivity index (χ0n) is 12.5. The van der Waals surface area contributed by atoms with Crippen molar-refractivity contribution >= 4 is 6.09 Å². The van der Waals surface area contributed by atoms with E-state index in [4.69, 9.17) is 4.74 Å². The quantitative estimate of drug-likeness (QED) is 0.819. The second-order valence-electron chi connectivity index (χ2n) is 5.00. The van der Waals surface area contributed by atoms with E-state index < -0.39 is 18.0 Å². The summed E-state index contributed by atoms with van der Waals surface area (Å²) in [5.41, 5.74) is -0.332. The van der Waals surface area contributed by atoms with Gasteiger partial charge in [0.2, 0.25) is 0 Å². The molecule has 2 heterocycles. The fourth-order valence-electron chi connectivity index (χ4n) is 2.67. The van der Waals surface area contributed by atoms with Crippen LogP contribution in [0.15, 0.2) is 9.59 Å². The van der Waals surface area contributed by atoms with E-state index in [1.54, 1.807) is 6.92 Å². The molecule has 1 aromatic heterocycles. The van der Waals surface area contributed by atoms with E-state index >= 15 is 0 Å². The van der Waals surface area contributed by atoms with Crippen molar-refractivity contribution < 1.29 is 14.3 Å². The summed E-state index contributed by atoms with van der Waals surface area (Å²) in [6.45, 7) is 3.89. The van der Waals surface area contributed by atoms with Gasteiger partial charge in [0.25, 0.3) is 5.56 Å². The molecule has 0 spiro atoms. The van der Waals surface area contributed by atoms with Gasteiger partial charge in [-0.2, -0.15) is 0 Å². The van der Waals surface area contributed by atoms with E-state index in [1.807, 2.05) is 6.92 Å². The van der Waals surface area contributed by atoms with Crippen molar-refractivity contribution in [2.75, 3.05) is 13.7 Å². The average Bonchev–Trinajstić information content (AvgIpc) is 2.48. The molecule has 0 N–H and O–H groups in total. The van der Waals surface area contributed by atoms with Gasteiger partial charge in [0, 0.05) is 17.9 Å². The van der Waals surface area contributed by atoms with Gasteiger partial charge in [-0.3, -0.25) is 4.79 Å². The summed E-state index contributed by atoms with van der Waals surface area (Å²) in [4.78, 5) is 36.9. The topological polar surface area (TPSA) is 79.5 Å². The summed E-state index contributed by atoms with van der Waals surface area (Å²) in [6.07, 6.45) is 1.39. The van der Waals surface area contributed by atoms with Crippen molar-refractivity contribution in [2.45, 2.75) is 45.8 Å². The fourth-order valence-corrected chi connectivity index (χ4v) is 2.67. The van der Waals surface area contributed by atoms with Gasteiger partial charge in [-0.15, -0.1) is 0 Å². The van der Waals surface area contributed by atoms with Gasteiger partial charge in [-0.25, -0.2) is 18.7 Å². The maximum absolute atomic E-state index is 12.5. The van der Waals surface area contributed by atoms with Crippen molar-refractivity contribution in [2.24, 2.45) is 0 Å². The first-order valence-electron chi connectivity index (χ1n) is 7.09. The molecule has 0 radical (unpaired) electrons. The molecule has 21 heavy (non-hydrogen) atoms. The summed E-state index contributed by atoms with van der Waals surface area (Å²) in [6, 6.07) is 0. The Morgan fingerprint density at radius 1 is 1.38 bits per heavy atom. The molecule has 1 saturated heterocycles. The second kappa shape index (κ2) is 6.26. The molecule has 0 bridgehead atoms. The smallest absolute Gasteiger partial charge is 0.422 e. The number of nitrogens with zero attached hydrogens (tertiary/aromatic N) is 2. The highest BCUT2D eigenvalue weighted by Crippen LogP contribution is 2.20. The van der Waals surface area contributed by atoms with Crippen molar-refractivity contribution in [3.05, 3.63) is 32.1 Å². The lowest BCUT2D eigenvalue weighted by molar-refractivity contribution is -0.0375. The van der Waals surface area contributed by atoms with Crippen molar-refractivity contribution in [3.63, 3.8) is 0 Å². The van der Waals surface area contributed by atoms with Crippen LogP contribution in [0, 0.1) is 6.92 Å². The Bertz CT molecular complexity index is 653. The van der Waals surface area contributed by atoms with E-state index in [0.717, 1.165) is 22.0 Å². The number of carbonyl (C=O) groups excluding carboxylic acids is 1. The third kappa shape index (κ3) is 2.65.